The normalized spacial score (nSPS) is 15.6. The highest BCUT2D eigenvalue weighted by Crippen LogP contribution is 2.37. The first-order valence-electron chi connectivity index (χ1n) is 9.75. The maximum atomic E-state index is 12.9. The number of ether oxygens (including phenoxy) is 1. The predicted octanol–water partition coefficient (Wildman–Crippen LogP) is 5.25. The van der Waals surface area contributed by atoms with Crippen molar-refractivity contribution in [3.8, 4) is 5.75 Å². The second kappa shape index (κ2) is 7.63. The molecule has 3 rings (SSSR count). The summed E-state index contributed by atoms with van der Waals surface area (Å²) in [5.41, 5.74) is 1.35. The molecule has 0 aliphatic heterocycles. The number of benzene rings is 1. The van der Waals surface area contributed by atoms with E-state index < -0.39 is 0 Å². The van der Waals surface area contributed by atoms with Gasteiger partial charge < -0.3 is 9.64 Å². The van der Waals surface area contributed by atoms with Crippen LogP contribution in [0.3, 0.4) is 0 Å². The molecule has 0 bridgehead atoms. The van der Waals surface area contributed by atoms with Crippen molar-refractivity contribution in [2.24, 2.45) is 11.3 Å². The van der Waals surface area contributed by atoms with Crippen LogP contribution < -0.4 is 10.2 Å². The first-order valence-corrected chi connectivity index (χ1v) is 10.6. The SMILES string of the molecule is CCN(CC(C)C)C(=O)Oc1ccc2c(=O)c3c(sc2c1)CC(C)(C)CC3. The zero-order valence-corrected chi connectivity index (χ0v) is 17.7. The Kier molecular flexibility index (Phi) is 5.61. The van der Waals surface area contributed by atoms with Crippen molar-refractivity contribution in [2.75, 3.05) is 13.1 Å². The van der Waals surface area contributed by atoms with Gasteiger partial charge in [-0.25, -0.2) is 4.79 Å². The van der Waals surface area contributed by atoms with Crippen molar-refractivity contribution in [2.45, 2.75) is 53.9 Å². The van der Waals surface area contributed by atoms with Crippen molar-refractivity contribution < 1.29 is 9.53 Å². The minimum atomic E-state index is -0.336. The summed E-state index contributed by atoms with van der Waals surface area (Å²) in [6, 6.07) is 5.37. The topological polar surface area (TPSA) is 46.6 Å². The molecule has 5 heteroatoms. The molecule has 0 N–H and O–H groups in total. The van der Waals surface area contributed by atoms with Crippen molar-refractivity contribution in [3.63, 3.8) is 0 Å². The third-order valence-corrected chi connectivity index (χ3v) is 6.36. The molecule has 1 amide bonds. The van der Waals surface area contributed by atoms with Gasteiger partial charge in [0.15, 0.2) is 5.43 Å². The molecule has 0 unspecified atom stereocenters. The molecule has 2 aromatic rings. The second-order valence-corrected chi connectivity index (χ2v) is 9.77. The maximum absolute atomic E-state index is 12.9. The van der Waals surface area contributed by atoms with Gasteiger partial charge in [-0.2, -0.15) is 0 Å². The summed E-state index contributed by atoms with van der Waals surface area (Å²) in [5, 5.41) is 0.729. The molecule has 1 aliphatic rings. The van der Waals surface area contributed by atoms with Gasteiger partial charge in [-0.05, 0) is 55.7 Å². The van der Waals surface area contributed by atoms with E-state index in [0.717, 1.165) is 34.9 Å². The van der Waals surface area contributed by atoms with Crippen LogP contribution in [0.4, 0.5) is 4.79 Å². The highest BCUT2D eigenvalue weighted by atomic mass is 32.1. The number of amides is 1. The van der Waals surface area contributed by atoms with Crippen LogP contribution in [0.1, 0.15) is 51.5 Å². The van der Waals surface area contributed by atoms with Crippen molar-refractivity contribution in [1.29, 1.82) is 0 Å². The van der Waals surface area contributed by atoms with Crippen LogP contribution in [-0.4, -0.2) is 24.1 Å². The van der Waals surface area contributed by atoms with Gasteiger partial charge in [-0.1, -0.05) is 27.7 Å². The summed E-state index contributed by atoms with van der Waals surface area (Å²) in [4.78, 5) is 28.2. The van der Waals surface area contributed by atoms with E-state index in [1.165, 1.54) is 4.88 Å². The Morgan fingerprint density at radius 1 is 1.33 bits per heavy atom. The number of nitrogens with zero attached hydrogens (tertiary/aromatic N) is 1. The van der Waals surface area contributed by atoms with E-state index in [4.69, 9.17) is 4.74 Å². The van der Waals surface area contributed by atoms with Gasteiger partial charge in [-0.15, -0.1) is 11.3 Å². The molecule has 0 saturated carbocycles. The quantitative estimate of drug-likeness (QED) is 0.719. The molecule has 27 heavy (non-hydrogen) atoms. The summed E-state index contributed by atoms with van der Waals surface area (Å²) in [6.07, 6.45) is 2.49. The summed E-state index contributed by atoms with van der Waals surface area (Å²) in [6.45, 7) is 11.9. The summed E-state index contributed by atoms with van der Waals surface area (Å²) < 4.78 is 6.49. The van der Waals surface area contributed by atoms with E-state index in [1.54, 1.807) is 28.4 Å². The Bertz CT molecular complexity index is 914. The van der Waals surface area contributed by atoms with Crippen LogP contribution in [0.2, 0.25) is 0 Å². The van der Waals surface area contributed by atoms with Gasteiger partial charge in [0.25, 0.3) is 0 Å². The first kappa shape index (κ1) is 19.9. The zero-order valence-electron chi connectivity index (χ0n) is 16.9. The molecule has 1 aromatic heterocycles. The van der Waals surface area contributed by atoms with Crippen LogP contribution in [0.5, 0.6) is 5.75 Å². The number of carbonyl (C=O) groups excluding carboxylic acids is 1. The third-order valence-electron chi connectivity index (χ3n) is 5.16. The van der Waals surface area contributed by atoms with Crippen LogP contribution >= 0.6 is 11.3 Å². The molecular formula is C22H29NO3S. The van der Waals surface area contributed by atoms with Crippen LogP contribution in [0.15, 0.2) is 23.0 Å². The average molecular weight is 388 g/mol. The predicted molar refractivity (Wildman–Crippen MR) is 112 cm³/mol. The third kappa shape index (κ3) is 4.34. The largest absolute Gasteiger partial charge is 0.415 e. The lowest BCUT2D eigenvalue weighted by Crippen LogP contribution is -2.36. The zero-order chi connectivity index (χ0) is 19.8. The van der Waals surface area contributed by atoms with E-state index in [2.05, 4.69) is 27.7 Å². The minimum absolute atomic E-state index is 0.141. The van der Waals surface area contributed by atoms with Gasteiger partial charge in [-0.3, -0.25) is 4.79 Å². The number of carbonyl (C=O) groups is 1. The summed E-state index contributed by atoms with van der Waals surface area (Å²) in [7, 11) is 0. The molecule has 0 spiro atoms. The van der Waals surface area contributed by atoms with Gasteiger partial charge in [0.1, 0.15) is 5.75 Å². The van der Waals surface area contributed by atoms with E-state index in [-0.39, 0.29) is 16.9 Å². The Hall–Kier alpha value is -1.88. The molecule has 0 radical (unpaired) electrons. The lowest BCUT2D eigenvalue weighted by molar-refractivity contribution is 0.149. The molecule has 0 saturated heterocycles. The van der Waals surface area contributed by atoms with Gasteiger partial charge >= 0.3 is 6.09 Å². The fourth-order valence-corrected chi connectivity index (χ4v) is 5.13. The number of fused-ring (bicyclic) bond motifs is 2. The number of rotatable bonds is 4. The monoisotopic (exact) mass is 387 g/mol. The molecule has 0 atom stereocenters. The van der Waals surface area contributed by atoms with Crippen LogP contribution in [0.25, 0.3) is 10.1 Å². The van der Waals surface area contributed by atoms with Gasteiger partial charge in [0.05, 0.1) is 0 Å². The maximum Gasteiger partial charge on any atom is 0.415 e. The number of hydrogen-bond donors (Lipinski definition) is 0. The summed E-state index contributed by atoms with van der Waals surface area (Å²) >= 11 is 1.67. The lowest BCUT2D eigenvalue weighted by Gasteiger charge is -2.30. The second-order valence-electron chi connectivity index (χ2n) is 8.63. The van der Waals surface area contributed by atoms with Gasteiger partial charge in [0.2, 0.25) is 0 Å². The molecule has 0 fully saturated rings. The molecular weight excluding hydrogens is 358 g/mol. The van der Waals surface area contributed by atoms with Gasteiger partial charge in [0, 0.05) is 33.6 Å². The van der Waals surface area contributed by atoms with E-state index in [9.17, 15) is 9.59 Å². The smallest absolute Gasteiger partial charge is 0.410 e. The fraction of sp³-hybridized carbons (Fsp3) is 0.545. The molecule has 146 valence electrons. The van der Waals surface area contributed by atoms with Crippen LogP contribution in [-0.2, 0) is 12.8 Å². The fourth-order valence-electron chi connectivity index (χ4n) is 3.64. The Balaban J connectivity index is 1.91. The molecule has 1 aromatic carbocycles. The van der Waals surface area contributed by atoms with E-state index in [0.29, 0.717) is 24.8 Å². The molecule has 1 aliphatic carbocycles. The Morgan fingerprint density at radius 2 is 2.07 bits per heavy atom. The summed E-state index contributed by atoms with van der Waals surface area (Å²) in [5.74, 6) is 0.884. The highest BCUT2D eigenvalue weighted by Gasteiger charge is 2.28. The standard InChI is InChI=1S/C22H29NO3S/c1-6-23(13-14(2)3)21(25)26-15-7-8-16-18(11-15)27-19-12-22(4,5)10-9-17(19)20(16)24/h7-8,11,14H,6,9-10,12-13H2,1-5H3. The van der Waals surface area contributed by atoms with E-state index >= 15 is 0 Å². The Morgan fingerprint density at radius 3 is 2.74 bits per heavy atom. The minimum Gasteiger partial charge on any atom is -0.410 e. The Labute approximate surface area is 165 Å². The van der Waals surface area contributed by atoms with Crippen molar-refractivity contribution >= 4 is 27.5 Å². The first-order chi connectivity index (χ1) is 12.7. The molecule has 4 nitrogen and oxygen atoms in total. The van der Waals surface area contributed by atoms with Crippen LogP contribution in [0, 0.1) is 11.3 Å². The van der Waals surface area contributed by atoms with Crippen molar-refractivity contribution in [3.05, 3.63) is 38.9 Å². The van der Waals surface area contributed by atoms with Crippen molar-refractivity contribution in [1.82, 2.24) is 4.90 Å². The lowest BCUT2D eigenvalue weighted by atomic mass is 9.77. The highest BCUT2D eigenvalue weighted by molar-refractivity contribution is 7.18. The average Bonchev–Trinajstić information content (AvgIpc) is 2.58. The number of hydrogen-bond acceptors (Lipinski definition) is 4. The molecule has 1 heterocycles. The van der Waals surface area contributed by atoms with E-state index in [1.807, 2.05) is 13.0 Å².